The molecule has 4 heteroatoms. The van der Waals surface area contributed by atoms with Gasteiger partial charge >= 0.3 is 155 Å². The molecule has 0 aliphatic heterocycles. The topological polar surface area (TPSA) is 29.5 Å². The molecule has 0 fully saturated rings. The third-order valence-corrected chi connectivity index (χ3v) is 20.5. The van der Waals surface area contributed by atoms with Gasteiger partial charge in [0.1, 0.15) is 0 Å². The van der Waals surface area contributed by atoms with Gasteiger partial charge in [0.2, 0.25) is 0 Å². The van der Waals surface area contributed by atoms with Crippen molar-refractivity contribution in [3.63, 3.8) is 0 Å². The predicted octanol–water partition coefficient (Wildman–Crippen LogP) is 6.48. The maximum atomic E-state index is 11.8. The first-order valence-corrected chi connectivity index (χ1v) is 17.9. The Hall–Kier alpha value is -0.191. The van der Waals surface area contributed by atoms with E-state index >= 15 is 0 Å². The molecule has 0 rings (SSSR count). The molecule has 0 spiro atoms. The monoisotopic (exact) mass is 447 g/mol. The fourth-order valence-corrected chi connectivity index (χ4v) is 19.9. The summed E-state index contributed by atoms with van der Waals surface area (Å²) in [7, 11) is 3.45. The second-order valence-corrected chi connectivity index (χ2v) is 21.4. The van der Waals surface area contributed by atoms with Crippen molar-refractivity contribution in [3.8, 4) is 0 Å². The molecule has 1 amide bonds. The molecule has 0 aromatic rings. The van der Waals surface area contributed by atoms with Crippen LogP contribution in [0.5, 0.6) is 0 Å². The van der Waals surface area contributed by atoms with E-state index in [2.05, 4.69) is 27.4 Å². The summed E-state index contributed by atoms with van der Waals surface area (Å²) < 4.78 is 11.2. The van der Waals surface area contributed by atoms with Gasteiger partial charge in [-0.2, -0.15) is 0 Å². The number of hydrogen-bond acceptors (Lipinski definition) is 2. The van der Waals surface area contributed by atoms with Gasteiger partial charge in [0, 0.05) is 0 Å². The molecule has 0 unspecified atom stereocenters. The number of rotatable bonds is 13. The second kappa shape index (κ2) is 13.1. The van der Waals surface area contributed by atoms with Crippen LogP contribution in [-0.2, 0) is 4.74 Å². The molecule has 0 bridgehead atoms. The van der Waals surface area contributed by atoms with Gasteiger partial charge in [-0.1, -0.05) is 0 Å². The van der Waals surface area contributed by atoms with Crippen LogP contribution in [0, 0.1) is 0 Å². The quantitative estimate of drug-likeness (QED) is 0.240. The number of unbranched alkanes of at least 4 members (excludes halogenated alkanes) is 3. The van der Waals surface area contributed by atoms with Crippen molar-refractivity contribution in [1.29, 1.82) is 0 Å². The summed E-state index contributed by atoms with van der Waals surface area (Å²) in [6, 6.07) is 0. The molecule has 0 aromatic heterocycles. The van der Waals surface area contributed by atoms with E-state index in [1.54, 1.807) is 14.1 Å². The van der Waals surface area contributed by atoms with E-state index in [0.717, 1.165) is 5.57 Å². The minimum atomic E-state index is -2.24. The van der Waals surface area contributed by atoms with Gasteiger partial charge < -0.3 is 0 Å². The molecule has 0 aliphatic carbocycles. The Morgan fingerprint density at radius 3 is 1.75 bits per heavy atom. The Kier molecular flexibility index (Phi) is 13.0. The Morgan fingerprint density at radius 2 is 1.42 bits per heavy atom. The van der Waals surface area contributed by atoms with E-state index in [9.17, 15) is 4.79 Å². The van der Waals surface area contributed by atoms with Gasteiger partial charge in [0.25, 0.3) is 0 Å². The van der Waals surface area contributed by atoms with Gasteiger partial charge in [-0.25, -0.2) is 0 Å². The zero-order chi connectivity index (χ0) is 18.6. The predicted molar refractivity (Wildman–Crippen MR) is 108 cm³/mol. The SMILES string of the molecule is C=C([CH2][Sn]([CH2]CCC)([CH2]CCC)[CH2]CCC)[C@@H](C)OC(=O)N(C)C. The average Bonchev–Trinajstić information content (AvgIpc) is 2.55. The van der Waals surface area contributed by atoms with E-state index < -0.39 is 18.4 Å². The molecular weight excluding hydrogens is 405 g/mol. The Bertz CT molecular complexity index is 347. The summed E-state index contributed by atoms with van der Waals surface area (Å²) in [5.74, 6) is 0. The van der Waals surface area contributed by atoms with Crippen LogP contribution >= 0.6 is 0 Å². The molecule has 0 N–H and O–H groups in total. The zero-order valence-electron chi connectivity index (χ0n) is 17.1. The van der Waals surface area contributed by atoms with E-state index in [-0.39, 0.29) is 12.2 Å². The van der Waals surface area contributed by atoms with Crippen LogP contribution in [0.4, 0.5) is 4.79 Å². The normalized spacial score (nSPS) is 12.8. The van der Waals surface area contributed by atoms with E-state index in [4.69, 9.17) is 4.74 Å². The number of hydrogen-bond donors (Lipinski definition) is 0. The zero-order valence-corrected chi connectivity index (χ0v) is 20.0. The number of carbonyl (C=O) groups is 1. The molecule has 1 atom stereocenters. The summed E-state index contributed by atoms with van der Waals surface area (Å²) in [6.45, 7) is 13.2. The van der Waals surface area contributed by atoms with Gasteiger partial charge in [0.05, 0.1) is 0 Å². The second-order valence-electron chi connectivity index (χ2n) is 7.57. The van der Waals surface area contributed by atoms with Crippen molar-refractivity contribution in [2.24, 2.45) is 0 Å². The number of carbonyl (C=O) groups excluding carboxylic acids is 1. The fourth-order valence-electron chi connectivity index (χ4n) is 3.26. The van der Waals surface area contributed by atoms with E-state index in [1.807, 2.05) is 6.92 Å². The Labute approximate surface area is 155 Å². The Balaban J connectivity index is 5.02. The third-order valence-electron chi connectivity index (χ3n) is 5.00. The minimum absolute atomic E-state index is 0.166. The standard InChI is InChI=1S/C8H14NO2.3C4H9.Sn/c1-6(2)7(3)11-8(10)9(4)5;3*1-3-4-2;/h7H,1-2H2,3-5H3;3*1,3-4H2,2H3;/t7-;;;;/m1..../s1. The number of ether oxygens (including phenoxy) is 1. The molecular formula is C20H41NO2Sn. The molecule has 24 heavy (non-hydrogen) atoms. The van der Waals surface area contributed by atoms with E-state index in [1.165, 1.54) is 61.2 Å². The summed E-state index contributed by atoms with van der Waals surface area (Å²) >= 11 is -2.24. The summed E-state index contributed by atoms with van der Waals surface area (Å²) in [6.07, 6.45) is 7.52. The van der Waals surface area contributed by atoms with Crippen molar-refractivity contribution in [1.82, 2.24) is 4.90 Å². The van der Waals surface area contributed by atoms with Crippen molar-refractivity contribution in [2.75, 3.05) is 14.1 Å². The molecule has 142 valence electrons. The summed E-state index contributed by atoms with van der Waals surface area (Å²) in [5, 5.41) is 0. The van der Waals surface area contributed by atoms with Crippen LogP contribution in [0.15, 0.2) is 12.2 Å². The van der Waals surface area contributed by atoms with Crippen LogP contribution in [0.3, 0.4) is 0 Å². The van der Waals surface area contributed by atoms with Crippen molar-refractivity contribution >= 4 is 24.5 Å². The maximum absolute atomic E-state index is 11.8. The number of amides is 1. The van der Waals surface area contributed by atoms with Crippen LogP contribution < -0.4 is 0 Å². The van der Waals surface area contributed by atoms with Crippen LogP contribution in [0.1, 0.15) is 66.2 Å². The van der Waals surface area contributed by atoms with Crippen molar-refractivity contribution in [2.45, 2.75) is 90.1 Å². The van der Waals surface area contributed by atoms with Gasteiger partial charge in [-0.05, 0) is 0 Å². The van der Waals surface area contributed by atoms with Gasteiger partial charge in [-0.15, -0.1) is 0 Å². The van der Waals surface area contributed by atoms with Crippen LogP contribution in [-0.4, -0.2) is 49.6 Å². The Morgan fingerprint density at radius 1 is 1.00 bits per heavy atom. The first-order chi connectivity index (χ1) is 11.3. The molecule has 0 aliphatic rings. The molecule has 0 aromatic carbocycles. The third kappa shape index (κ3) is 9.33. The molecule has 3 nitrogen and oxygen atoms in total. The first kappa shape index (κ1) is 23.8. The summed E-state index contributed by atoms with van der Waals surface area (Å²) in [4.78, 5) is 13.3. The molecule has 0 saturated carbocycles. The van der Waals surface area contributed by atoms with Crippen LogP contribution in [0.2, 0.25) is 17.7 Å². The van der Waals surface area contributed by atoms with E-state index in [0.29, 0.717) is 0 Å². The van der Waals surface area contributed by atoms with Crippen LogP contribution in [0.25, 0.3) is 0 Å². The van der Waals surface area contributed by atoms with Gasteiger partial charge in [-0.3, -0.25) is 0 Å². The molecule has 0 saturated heterocycles. The number of nitrogens with zero attached hydrogens (tertiary/aromatic N) is 1. The van der Waals surface area contributed by atoms with Gasteiger partial charge in [0.15, 0.2) is 0 Å². The molecule has 0 radical (unpaired) electrons. The fraction of sp³-hybridized carbons (Fsp3) is 0.850. The molecule has 0 heterocycles. The van der Waals surface area contributed by atoms with Crippen molar-refractivity contribution in [3.05, 3.63) is 12.2 Å². The summed E-state index contributed by atoms with van der Waals surface area (Å²) in [5.41, 5.74) is 1.16. The van der Waals surface area contributed by atoms with Crippen molar-refractivity contribution < 1.29 is 9.53 Å². The average molecular weight is 446 g/mol. The first-order valence-electron chi connectivity index (χ1n) is 9.87.